The summed E-state index contributed by atoms with van der Waals surface area (Å²) in [5.74, 6) is 0.536. The van der Waals surface area contributed by atoms with Gasteiger partial charge in [0, 0.05) is 16.4 Å². The molecule has 0 aliphatic heterocycles. The van der Waals surface area contributed by atoms with Crippen molar-refractivity contribution in [1.82, 2.24) is 4.98 Å². The number of pyridine rings is 1. The monoisotopic (exact) mass is 320 g/mol. The average Bonchev–Trinajstić information content (AvgIpc) is 2.39. The topological polar surface area (TPSA) is 51.2 Å². The molecule has 0 atom stereocenters. The zero-order valence-corrected chi connectivity index (χ0v) is 12.2. The largest absolute Gasteiger partial charge is 0.496 e. The first-order valence-corrected chi connectivity index (χ1v) is 6.47. The van der Waals surface area contributed by atoms with Crippen LogP contribution < -0.4 is 10.1 Å². The van der Waals surface area contributed by atoms with Crippen LogP contribution in [-0.2, 0) is 0 Å². The fraction of sp³-hybridized carbons (Fsp3) is 0.143. The van der Waals surface area contributed by atoms with Gasteiger partial charge in [-0.05, 0) is 58.7 Å². The van der Waals surface area contributed by atoms with E-state index in [9.17, 15) is 4.79 Å². The van der Waals surface area contributed by atoms with Crippen LogP contribution in [0.1, 0.15) is 16.1 Å². The van der Waals surface area contributed by atoms with Crippen LogP contribution in [-0.4, -0.2) is 18.0 Å². The lowest BCUT2D eigenvalue weighted by Gasteiger charge is -2.09. The SMILES string of the molecule is COc1ccc(NC(=O)c2ncccc2Br)cc1C. The highest BCUT2D eigenvalue weighted by Crippen LogP contribution is 2.22. The number of aromatic nitrogens is 1. The van der Waals surface area contributed by atoms with Gasteiger partial charge in [0.15, 0.2) is 0 Å². The predicted octanol–water partition coefficient (Wildman–Crippen LogP) is 3.41. The molecular weight excluding hydrogens is 308 g/mol. The third-order valence-corrected chi connectivity index (χ3v) is 3.27. The number of methoxy groups -OCH3 is 1. The van der Waals surface area contributed by atoms with Crippen molar-refractivity contribution >= 4 is 27.5 Å². The van der Waals surface area contributed by atoms with Crippen molar-refractivity contribution in [3.05, 3.63) is 52.3 Å². The van der Waals surface area contributed by atoms with Gasteiger partial charge in [0.2, 0.25) is 0 Å². The Morgan fingerprint density at radius 3 is 2.79 bits per heavy atom. The Bertz CT molecular complexity index is 614. The van der Waals surface area contributed by atoms with Gasteiger partial charge in [-0.25, -0.2) is 4.98 Å². The summed E-state index contributed by atoms with van der Waals surface area (Å²) in [5.41, 5.74) is 2.03. The Morgan fingerprint density at radius 2 is 2.16 bits per heavy atom. The fourth-order valence-electron chi connectivity index (χ4n) is 1.70. The van der Waals surface area contributed by atoms with Crippen LogP contribution in [0.25, 0.3) is 0 Å². The van der Waals surface area contributed by atoms with E-state index in [1.54, 1.807) is 31.5 Å². The Morgan fingerprint density at radius 1 is 1.37 bits per heavy atom. The molecule has 0 spiro atoms. The molecule has 0 saturated heterocycles. The Kier molecular flexibility index (Phi) is 4.16. The number of halogens is 1. The molecule has 0 aliphatic rings. The molecule has 98 valence electrons. The van der Waals surface area contributed by atoms with E-state index in [0.29, 0.717) is 15.9 Å². The number of nitrogens with zero attached hydrogens (tertiary/aromatic N) is 1. The first kappa shape index (κ1) is 13.5. The highest BCUT2D eigenvalue weighted by Gasteiger charge is 2.11. The number of hydrogen-bond acceptors (Lipinski definition) is 3. The summed E-state index contributed by atoms with van der Waals surface area (Å²) >= 11 is 3.30. The van der Waals surface area contributed by atoms with E-state index < -0.39 is 0 Å². The second-order valence-electron chi connectivity index (χ2n) is 3.97. The third kappa shape index (κ3) is 3.12. The van der Waals surface area contributed by atoms with Crippen LogP contribution >= 0.6 is 15.9 Å². The molecule has 1 N–H and O–H groups in total. The first-order chi connectivity index (χ1) is 9.11. The first-order valence-electron chi connectivity index (χ1n) is 5.68. The van der Waals surface area contributed by atoms with Crippen LogP contribution in [0.15, 0.2) is 41.0 Å². The number of benzene rings is 1. The van der Waals surface area contributed by atoms with E-state index in [-0.39, 0.29) is 5.91 Å². The molecule has 2 aromatic rings. The minimum absolute atomic E-state index is 0.253. The maximum absolute atomic E-state index is 12.1. The summed E-state index contributed by atoms with van der Waals surface area (Å²) in [4.78, 5) is 16.1. The normalized spacial score (nSPS) is 10.1. The molecule has 1 aromatic heterocycles. The van der Waals surface area contributed by atoms with Gasteiger partial charge >= 0.3 is 0 Å². The highest BCUT2D eigenvalue weighted by atomic mass is 79.9. The maximum atomic E-state index is 12.1. The van der Waals surface area contributed by atoms with Gasteiger partial charge in [-0.1, -0.05) is 0 Å². The van der Waals surface area contributed by atoms with Gasteiger partial charge in [0.05, 0.1) is 7.11 Å². The number of anilines is 1. The third-order valence-electron chi connectivity index (χ3n) is 2.63. The molecule has 0 fully saturated rings. The van der Waals surface area contributed by atoms with Gasteiger partial charge in [-0.3, -0.25) is 4.79 Å². The zero-order chi connectivity index (χ0) is 13.8. The van der Waals surface area contributed by atoms with Crippen molar-refractivity contribution < 1.29 is 9.53 Å². The standard InChI is InChI=1S/C14H13BrN2O2/c1-9-8-10(5-6-12(9)19-2)17-14(18)13-11(15)4-3-7-16-13/h3-8H,1-2H3,(H,17,18). The van der Waals surface area contributed by atoms with E-state index in [1.807, 2.05) is 19.1 Å². The van der Waals surface area contributed by atoms with Gasteiger partial charge < -0.3 is 10.1 Å². The molecule has 1 amide bonds. The Labute approximate surface area is 119 Å². The minimum Gasteiger partial charge on any atom is -0.496 e. The van der Waals surface area contributed by atoms with Crippen molar-refractivity contribution in [2.45, 2.75) is 6.92 Å². The molecule has 5 heteroatoms. The van der Waals surface area contributed by atoms with E-state index in [4.69, 9.17) is 4.74 Å². The summed E-state index contributed by atoms with van der Waals surface area (Å²) in [6, 6.07) is 9.01. The summed E-state index contributed by atoms with van der Waals surface area (Å²) in [7, 11) is 1.62. The van der Waals surface area contributed by atoms with Gasteiger partial charge in [-0.2, -0.15) is 0 Å². The molecule has 0 saturated carbocycles. The van der Waals surface area contributed by atoms with E-state index in [2.05, 4.69) is 26.2 Å². The lowest BCUT2D eigenvalue weighted by Crippen LogP contribution is -2.14. The van der Waals surface area contributed by atoms with Crippen LogP contribution in [0.2, 0.25) is 0 Å². The molecule has 0 aliphatic carbocycles. The van der Waals surface area contributed by atoms with Crippen molar-refractivity contribution in [3.8, 4) is 5.75 Å². The number of rotatable bonds is 3. The summed E-state index contributed by atoms with van der Waals surface area (Å²) in [6.45, 7) is 1.92. The maximum Gasteiger partial charge on any atom is 0.275 e. The lowest BCUT2D eigenvalue weighted by atomic mass is 10.2. The summed E-state index contributed by atoms with van der Waals surface area (Å²) in [6.07, 6.45) is 1.58. The van der Waals surface area contributed by atoms with E-state index in [1.165, 1.54) is 0 Å². The Hall–Kier alpha value is -1.88. The number of amides is 1. The van der Waals surface area contributed by atoms with Crippen LogP contribution in [0.3, 0.4) is 0 Å². The molecule has 0 radical (unpaired) electrons. The van der Waals surface area contributed by atoms with E-state index >= 15 is 0 Å². The van der Waals surface area contributed by atoms with Gasteiger partial charge in [0.25, 0.3) is 5.91 Å². The second-order valence-corrected chi connectivity index (χ2v) is 4.83. The van der Waals surface area contributed by atoms with Gasteiger partial charge in [0.1, 0.15) is 11.4 Å². The number of ether oxygens (including phenoxy) is 1. The van der Waals surface area contributed by atoms with Crippen molar-refractivity contribution in [2.24, 2.45) is 0 Å². The van der Waals surface area contributed by atoms with Crippen molar-refractivity contribution in [1.29, 1.82) is 0 Å². The lowest BCUT2D eigenvalue weighted by molar-refractivity contribution is 0.102. The van der Waals surface area contributed by atoms with Crippen LogP contribution in [0, 0.1) is 6.92 Å². The van der Waals surface area contributed by atoms with Crippen molar-refractivity contribution in [2.75, 3.05) is 12.4 Å². The summed E-state index contributed by atoms with van der Waals surface area (Å²) < 4.78 is 5.84. The minimum atomic E-state index is -0.253. The number of hydrogen-bond donors (Lipinski definition) is 1. The highest BCUT2D eigenvalue weighted by molar-refractivity contribution is 9.10. The molecule has 19 heavy (non-hydrogen) atoms. The molecule has 1 aromatic carbocycles. The van der Waals surface area contributed by atoms with Crippen molar-refractivity contribution in [3.63, 3.8) is 0 Å². The van der Waals surface area contributed by atoms with Crippen LogP contribution in [0.4, 0.5) is 5.69 Å². The number of carbonyl (C=O) groups excluding carboxylic acids is 1. The fourth-order valence-corrected chi connectivity index (χ4v) is 2.13. The Balaban J connectivity index is 2.20. The molecular formula is C14H13BrN2O2. The molecule has 1 heterocycles. The smallest absolute Gasteiger partial charge is 0.275 e. The number of aryl methyl sites for hydroxylation is 1. The van der Waals surface area contributed by atoms with E-state index in [0.717, 1.165) is 11.3 Å². The number of nitrogens with one attached hydrogen (secondary N) is 1. The second kappa shape index (κ2) is 5.84. The number of carbonyl (C=O) groups is 1. The predicted molar refractivity (Wildman–Crippen MR) is 77.6 cm³/mol. The average molecular weight is 321 g/mol. The summed E-state index contributed by atoms with van der Waals surface area (Å²) in [5, 5.41) is 2.80. The molecule has 0 bridgehead atoms. The van der Waals surface area contributed by atoms with Crippen LogP contribution in [0.5, 0.6) is 5.75 Å². The zero-order valence-electron chi connectivity index (χ0n) is 10.6. The molecule has 0 unspecified atom stereocenters. The molecule has 4 nitrogen and oxygen atoms in total. The van der Waals surface area contributed by atoms with Gasteiger partial charge in [-0.15, -0.1) is 0 Å². The molecule has 2 rings (SSSR count). The quantitative estimate of drug-likeness (QED) is 0.942.